The van der Waals surface area contributed by atoms with Crippen LogP contribution in [0.15, 0.2) is 0 Å². The first-order valence-corrected chi connectivity index (χ1v) is 5.25. The minimum absolute atomic E-state index is 0.169. The molecular formula is C11H20O2. The lowest BCUT2D eigenvalue weighted by atomic mass is 9.86. The summed E-state index contributed by atoms with van der Waals surface area (Å²) in [5.41, 5.74) is 0. The van der Waals surface area contributed by atoms with Gasteiger partial charge in [0.15, 0.2) is 0 Å². The van der Waals surface area contributed by atoms with Crippen LogP contribution < -0.4 is 0 Å². The fourth-order valence-corrected chi connectivity index (χ4v) is 2.35. The molecule has 1 aliphatic carbocycles. The summed E-state index contributed by atoms with van der Waals surface area (Å²) in [7, 11) is 0. The summed E-state index contributed by atoms with van der Waals surface area (Å²) >= 11 is 0. The molecule has 76 valence electrons. The van der Waals surface area contributed by atoms with Gasteiger partial charge in [-0.2, -0.15) is 0 Å². The molecule has 1 N–H and O–H groups in total. The minimum Gasteiger partial charge on any atom is -0.481 e. The summed E-state index contributed by atoms with van der Waals surface area (Å²) in [4.78, 5) is 10.7. The van der Waals surface area contributed by atoms with Crippen LogP contribution in [0.3, 0.4) is 0 Å². The van der Waals surface area contributed by atoms with E-state index in [2.05, 4.69) is 13.8 Å². The van der Waals surface area contributed by atoms with Crippen molar-refractivity contribution in [3.05, 3.63) is 0 Å². The molecule has 0 amide bonds. The predicted molar refractivity (Wildman–Crippen MR) is 52.5 cm³/mol. The molecule has 4 atom stereocenters. The summed E-state index contributed by atoms with van der Waals surface area (Å²) in [5, 5.41) is 8.79. The second-order valence-electron chi connectivity index (χ2n) is 4.65. The van der Waals surface area contributed by atoms with Crippen LogP contribution in [-0.2, 0) is 4.79 Å². The van der Waals surface area contributed by atoms with Crippen molar-refractivity contribution >= 4 is 5.97 Å². The number of aliphatic carboxylic acids is 1. The van der Waals surface area contributed by atoms with Gasteiger partial charge >= 0.3 is 5.97 Å². The van der Waals surface area contributed by atoms with Crippen LogP contribution in [-0.4, -0.2) is 11.1 Å². The third-order valence-corrected chi connectivity index (χ3v) is 3.71. The largest absolute Gasteiger partial charge is 0.481 e. The Labute approximate surface area is 80.3 Å². The van der Waals surface area contributed by atoms with Gasteiger partial charge in [0, 0.05) is 0 Å². The Morgan fingerprint density at radius 2 is 2.08 bits per heavy atom. The molecule has 13 heavy (non-hydrogen) atoms. The van der Waals surface area contributed by atoms with Crippen LogP contribution in [0.25, 0.3) is 0 Å². The number of carboxylic acids is 1. The Balaban J connectivity index is 2.42. The van der Waals surface area contributed by atoms with Gasteiger partial charge in [-0.3, -0.25) is 4.79 Å². The van der Waals surface area contributed by atoms with E-state index < -0.39 is 5.97 Å². The van der Waals surface area contributed by atoms with Gasteiger partial charge in [-0.25, -0.2) is 0 Å². The van der Waals surface area contributed by atoms with Crippen molar-refractivity contribution in [2.45, 2.75) is 40.0 Å². The van der Waals surface area contributed by atoms with E-state index in [0.29, 0.717) is 11.8 Å². The number of hydrogen-bond acceptors (Lipinski definition) is 1. The first kappa shape index (κ1) is 10.6. The van der Waals surface area contributed by atoms with E-state index in [1.54, 1.807) is 0 Å². The maximum atomic E-state index is 10.7. The van der Waals surface area contributed by atoms with Crippen LogP contribution in [0.1, 0.15) is 40.0 Å². The normalized spacial score (nSPS) is 36.1. The average Bonchev–Trinajstić information content (AvgIpc) is 2.36. The van der Waals surface area contributed by atoms with Gasteiger partial charge in [0.05, 0.1) is 5.92 Å². The summed E-state index contributed by atoms with van der Waals surface area (Å²) < 4.78 is 0. The summed E-state index contributed by atoms with van der Waals surface area (Å²) in [6.07, 6.45) is 3.36. The Morgan fingerprint density at radius 1 is 1.46 bits per heavy atom. The van der Waals surface area contributed by atoms with Crippen LogP contribution in [0, 0.1) is 23.7 Å². The maximum Gasteiger partial charge on any atom is 0.306 e. The molecule has 0 saturated heterocycles. The molecule has 0 spiro atoms. The Bertz CT molecular complexity index is 189. The molecule has 0 aromatic heterocycles. The van der Waals surface area contributed by atoms with Crippen LogP contribution in [0.4, 0.5) is 0 Å². The molecule has 1 unspecified atom stereocenters. The highest BCUT2D eigenvalue weighted by Gasteiger charge is 2.31. The van der Waals surface area contributed by atoms with Gasteiger partial charge in [-0.1, -0.05) is 27.2 Å². The Hall–Kier alpha value is -0.530. The summed E-state index contributed by atoms with van der Waals surface area (Å²) in [5.74, 6) is 1.32. The zero-order valence-corrected chi connectivity index (χ0v) is 8.79. The van der Waals surface area contributed by atoms with E-state index in [-0.39, 0.29) is 5.92 Å². The molecule has 0 bridgehead atoms. The first-order valence-electron chi connectivity index (χ1n) is 5.25. The zero-order valence-electron chi connectivity index (χ0n) is 8.79. The molecule has 2 nitrogen and oxygen atoms in total. The summed E-state index contributed by atoms with van der Waals surface area (Å²) in [6, 6.07) is 0. The topological polar surface area (TPSA) is 37.3 Å². The first-order chi connectivity index (χ1) is 6.02. The van der Waals surface area contributed by atoms with E-state index in [0.717, 1.165) is 12.3 Å². The average molecular weight is 184 g/mol. The van der Waals surface area contributed by atoms with Crippen molar-refractivity contribution in [3.8, 4) is 0 Å². The molecule has 0 radical (unpaired) electrons. The van der Waals surface area contributed by atoms with Crippen LogP contribution in [0.5, 0.6) is 0 Å². The lowest BCUT2D eigenvalue weighted by Crippen LogP contribution is -2.17. The maximum absolute atomic E-state index is 10.7. The highest BCUT2D eigenvalue weighted by molar-refractivity contribution is 5.69. The van der Waals surface area contributed by atoms with Gasteiger partial charge in [0.25, 0.3) is 0 Å². The molecule has 0 aliphatic heterocycles. The summed E-state index contributed by atoms with van der Waals surface area (Å²) in [6.45, 7) is 6.35. The van der Waals surface area contributed by atoms with Gasteiger partial charge in [0.2, 0.25) is 0 Å². The molecule has 0 aromatic carbocycles. The molecule has 1 rings (SSSR count). The van der Waals surface area contributed by atoms with Gasteiger partial charge in [-0.15, -0.1) is 0 Å². The highest BCUT2D eigenvalue weighted by Crippen LogP contribution is 2.39. The third kappa shape index (κ3) is 2.45. The van der Waals surface area contributed by atoms with Crippen molar-refractivity contribution in [1.29, 1.82) is 0 Å². The SMILES string of the molecule is CC(C[C@H]1CC[C@@H](C)[C@H]1C)C(=O)O. The van der Waals surface area contributed by atoms with Crippen molar-refractivity contribution in [1.82, 2.24) is 0 Å². The van der Waals surface area contributed by atoms with Crippen LogP contribution >= 0.6 is 0 Å². The smallest absolute Gasteiger partial charge is 0.306 e. The Kier molecular flexibility index (Phi) is 3.34. The van der Waals surface area contributed by atoms with E-state index in [1.165, 1.54) is 12.8 Å². The fraction of sp³-hybridized carbons (Fsp3) is 0.909. The molecule has 1 fully saturated rings. The standard InChI is InChI=1S/C11H20O2/c1-7-4-5-10(9(7)3)6-8(2)11(12)13/h7-10H,4-6H2,1-3H3,(H,12,13)/t7-,8?,9-,10-/m1/s1. The monoisotopic (exact) mass is 184 g/mol. The number of carboxylic acid groups (broad SMARTS) is 1. The molecule has 1 aliphatic rings. The van der Waals surface area contributed by atoms with E-state index in [4.69, 9.17) is 5.11 Å². The van der Waals surface area contributed by atoms with E-state index in [9.17, 15) is 4.79 Å². The quantitative estimate of drug-likeness (QED) is 0.732. The van der Waals surface area contributed by atoms with Gasteiger partial charge < -0.3 is 5.11 Å². The minimum atomic E-state index is -0.647. The lowest BCUT2D eigenvalue weighted by molar-refractivity contribution is -0.141. The lowest BCUT2D eigenvalue weighted by Gasteiger charge is -2.19. The molecule has 0 aromatic rings. The molecule has 0 heterocycles. The van der Waals surface area contributed by atoms with Gasteiger partial charge in [-0.05, 0) is 30.6 Å². The molecular weight excluding hydrogens is 164 g/mol. The molecule has 1 saturated carbocycles. The van der Waals surface area contributed by atoms with Crippen LogP contribution in [0.2, 0.25) is 0 Å². The van der Waals surface area contributed by atoms with E-state index >= 15 is 0 Å². The van der Waals surface area contributed by atoms with Crippen molar-refractivity contribution in [2.75, 3.05) is 0 Å². The zero-order chi connectivity index (χ0) is 10.0. The van der Waals surface area contributed by atoms with E-state index in [1.807, 2.05) is 6.92 Å². The predicted octanol–water partition coefficient (Wildman–Crippen LogP) is 2.78. The third-order valence-electron chi connectivity index (χ3n) is 3.71. The Morgan fingerprint density at radius 3 is 2.46 bits per heavy atom. The van der Waals surface area contributed by atoms with Crippen molar-refractivity contribution < 1.29 is 9.90 Å². The van der Waals surface area contributed by atoms with Gasteiger partial charge in [0.1, 0.15) is 0 Å². The fourth-order valence-electron chi connectivity index (χ4n) is 2.35. The highest BCUT2D eigenvalue weighted by atomic mass is 16.4. The molecule has 2 heteroatoms. The second kappa shape index (κ2) is 4.12. The van der Waals surface area contributed by atoms with Crippen molar-refractivity contribution in [3.63, 3.8) is 0 Å². The van der Waals surface area contributed by atoms with Crippen molar-refractivity contribution in [2.24, 2.45) is 23.7 Å². The number of hydrogen-bond donors (Lipinski definition) is 1. The number of rotatable bonds is 3. The number of carbonyl (C=O) groups is 1. The second-order valence-corrected chi connectivity index (χ2v) is 4.65.